The summed E-state index contributed by atoms with van der Waals surface area (Å²) in [5, 5.41) is 2.91. The number of ether oxygens (including phenoxy) is 1. The summed E-state index contributed by atoms with van der Waals surface area (Å²) in [5.74, 6) is 0.520. The lowest BCUT2D eigenvalue weighted by atomic mass is 9.93. The van der Waals surface area contributed by atoms with Crippen LogP contribution in [0.1, 0.15) is 40.7 Å². The molecule has 168 valence electrons. The molecule has 4 rings (SSSR count). The molecule has 0 fully saturated rings. The summed E-state index contributed by atoms with van der Waals surface area (Å²) in [6, 6.07) is 9.01. The van der Waals surface area contributed by atoms with Crippen molar-refractivity contribution < 1.29 is 17.3 Å². The van der Waals surface area contributed by atoms with Gasteiger partial charge in [0.2, 0.25) is 0 Å². The minimum atomic E-state index is -3.48. The summed E-state index contributed by atoms with van der Waals surface area (Å²) >= 11 is 1.56. The number of aromatic nitrogens is 2. The van der Waals surface area contributed by atoms with Crippen LogP contribution in [0.15, 0.2) is 46.7 Å². The molecule has 0 saturated carbocycles. The molecule has 3 aromatic rings. The van der Waals surface area contributed by atoms with E-state index in [0.29, 0.717) is 18.8 Å². The Labute approximate surface area is 191 Å². The first-order valence-corrected chi connectivity index (χ1v) is 13.0. The summed E-state index contributed by atoms with van der Waals surface area (Å²) in [6.07, 6.45) is 7.10. The summed E-state index contributed by atoms with van der Waals surface area (Å²) in [5.41, 5.74) is 4.72. The van der Waals surface area contributed by atoms with Crippen LogP contribution in [0.5, 0.6) is 5.75 Å². The highest BCUT2D eigenvalue weighted by atomic mass is 32.2. The fraction of sp³-hybridized carbons (Fsp3) is 0.304. The molecule has 32 heavy (non-hydrogen) atoms. The number of aryl methyl sites for hydroxylation is 2. The van der Waals surface area contributed by atoms with Crippen LogP contribution in [0.4, 0.5) is 0 Å². The van der Waals surface area contributed by atoms with Gasteiger partial charge in [-0.3, -0.25) is 13.5 Å². The van der Waals surface area contributed by atoms with Gasteiger partial charge in [-0.1, -0.05) is 25.1 Å². The molecule has 2 heterocycles. The van der Waals surface area contributed by atoms with Gasteiger partial charge in [-0.25, -0.2) is 4.98 Å². The minimum absolute atomic E-state index is 0.0182. The zero-order valence-electron chi connectivity index (χ0n) is 17.9. The number of nitrogens with zero attached hydrogens (tertiary/aromatic N) is 2. The molecule has 0 aliphatic heterocycles. The molecule has 1 aromatic carbocycles. The Balaban J connectivity index is 1.47. The third-order valence-corrected chi connectivity index (χ3v) is 6.56. The van der Waals surface area contributed by atoms with E-state index >= 15 is 0 Å². The van der Waals surface area contributed by atoms with Gasteiger partial charge in [0.25, 0.3) is 15.7 Å². The molecule has 7 nitrogen and oxygen atoms in total. The molecular formula is C23H24N2O5S2. The lowest BCUT2D eigenvalue weighted by Gasteiger charge is -2.19. The van der Waals surface area contributed by atoms with Crippen molar-refractivity contribution in [1.29, 1.82) is 0 Å². The Morgan fingerprint density at radius 3 is 2.72 bits per heavy atom. The summed E-state index contributed by atoms with van der Waals surface area (Å²) in [7, 11) is -3.48. The second-order valence-electron chi connectivity index (χ2n) is 7.58. The van der Waals surface area contributed by atoms with Crippen molar-refractivity contribution >= 4 is 33.2 Å². The number of thiazole rings is 1. The monoisotopic (exact) mass is 472 g/mol. The molecule has 1 aliphatic rings. The molecule has 0 unspecified atom stereocenters. The van der Waals surface area contributed by atoms with Gasteiger partial charge < -0.3 is 4.74 Å². The molecule has 0 amide bonds. The van der Waals surface area contributed by atoms with Gasteiger partial charge in [-0.05, 0) is 48.1 Å². The number of fused-ring (bicyclic) bond motifs is 1. The molecular weight excluding hydrogens is 448 g/mol. The normalized spacial score (nSPS) is 13.5. The van der Waals surface area contributed by atoms with E-state index in [-0.39, 0.29) is 12.2 Å². The van der Waals surface area contributed by atoms with Crippen molar-refractivity contribution in [1.82, 2.24) is 9.55 Å². The Kier molecular flexibility index (Phi) is 6.59. The summed E-state index contributed by atoms with van der Waals surface area (Å²) in [4.78, 5) is 17.2. The maximum absolute atomic E-state index is 12.7. The van der Waals surface area contributed by atoms with E-state index in [2.05, 4.69) is 11.9 Å². The zero-order chi connectivity index (χ0) is 22.7. The first kappa shape index (κ1) is 22.4. The minimum Gasteiger partial charge on any atom is -0.486 e. The van der Waals surface area contributed by atoms with E-state index in [1.165, 1.54) is 6.07 Å². The fourth-order valence-electron chi connectivity index (χ4n) is 3.50. The Morgan fingerprint density at radius 1 is 1.16 bits per heavy atom. The number of pyridine rings is 1. The van der Waals surface area contributed by atoms with Crippen molar-refractivity contribution in [3.8, 4) is 5.75 Å². The molecule has 0 bridgehead atoms. The van der Waals surface area contributed by atoms with Crippen LogP contribution in [0, 0.1) is 0 Å². The van der Waals surface area contributed by atoms with E-state index in [4.69, 9.17) is 8.92 Å². The van der Waals surface area contributed by atoms with Crippen LogP contribution in [0.3, 0.4) is 0 Å². The van der Waals surface area contributed by atoms with Crippen LogP contribution in [-0.2, 0) is 40.4 Å². The second-order valence-corrected chi connectivity index (χ2v) is 10.2. The molecule has 0 radical (unpaired) electrons. The third-order valence-electron chi connectivity index (χ3n) is 5.14. The standard InChI is InChI=1S/C23H24N2O5S2/c1-3-19-15-31-22(24-19)14-29-21-8-9-25(23(26)12-21)20-7-6-17-10-16(4-5-18(17)11-20)13-30-32(2,27)28/h4-5,8-12,15H,3,6-7,13-14H2,1-2H3. The molecule has 0 spiro atoms. The zero-order valence-corrected chi connectivity index (χ0v) is 19.5. The number of hydrogen-bond acceptors (Lipinski definition) is 7. The number of hydrogen-bond donors (Lipinski definition) is 0. The average Bonchev–Trinajstić information content (AvgIpc) is 3.23. The Morgan fingerprint density at radius 2 is 2.00 bits per heavy atom. The predicted octanol–water partition coefficient (Wildman–Crippen LogP) is 3.87. The third kappa shape index (κ3) is 5.53. The van der Waals surface area contributed by atoms with Crippen molar-refractivity contribution in [2.24, 2.45) is 0 Å². The molecule has 0 saturated heterocycles. The van der Waals surface area contributed by atoms with Crippen molar-refractivity contribution in [2.45, 2.75) is 39.4 Å². The van der Waals surface area contributed by atoms with Crippen molar-refractivity contribution in [3.05, 3.63) is 79.7 Å². The lowest BCUT2D eigenvalue weighted by Crippen LogP contribution is -2.19. The van der Waals surface area contributed by atoms with E-state index in [0.717, 1.165) is 52.2 Å². The van der Waals surface area contributed by atoms with Crippen LogP contribution in [0.2, 0.25) is 0 Å². The van der Waals surface area contributed by atoms with Gasteiger partial charge in [-0.15, -0.1) is 11.3 Å². The smallest absolute Gasteiger partial charge is 0.264 e. The van der Waals surface area contributed by atoms with E-state index in [1.54, 1.807) is 28.2 Å². The second kappa shape index (κ2) is 9.40. The van der Waals surface area contributed by atoms with Gasteiger partial charge in [0, 0.05) is 23.3 Å². The maximum Gasteiger partial charge on any atom is 0.264 e. The van der Waals surface area contributed by atoms with Gasteiger partial charge >= 0.3 is 0 Å². The quantitative estimate of drug-likeness (QED) is 0.463. The van der Waals surface area contributed by atoms with Crippen LogP contribution in [0.25, 0.3) is 11.8 Å². The summed E-state index contributed by atoms with van der Waals surface area (Å²) < 4.78 is 34.7. The highest BCUT2D eigenvalue weighted by Crippen LogP contribution is 2.27. The van der Waals surface area contributed by atoms with Crippen LogP contribution in [-0.4, -0.2) is 24.2 Å². The molecule has 0 N–H and O–H groups in total. The highest BCUT2D eigenvalue weighted by molar-refractivity contribution is 7.85. The van der Waals surface area contributed by atoms with E-state index in [9.17, 15) is 13.2 Å². The van der Waals surface area contributed by atoms with Crippen molar-refractivity contribution in [2.75, 3.05) is 6.26 Å². The van der Waals surface area contributed by atoms with Gasteiger partial charge in [0.1, 0.15) is 17.4 Å². The first-order valence-electron chi connectivity index (χ1n) is 10.3. The topological polar surface area (TPSA) is 87.5 Å². The predicted molar refractivity (Wildman–Crippen MR) is 125 cm³/mol. The van der Waals surface area contributed by atoms with Crippen LogP contribution >= 0.6 is 11.3 Å². The van der Waals surface area contributed by atoms with Crippen LogP contribution < -0.4 is 10.3 Å². The number of benzene rings is 1. The highest BCUT2D eigenvalue weighted by Gasteiger charge is 2.14. The van der Waals surface area contributed by atoms with E-state index < -0.39 is 10.1 Å². The molecule has 1 aliphatic carbocycles. The first-order chi connectivity index (χ1) is 15.3. The maximum atomic E-state index is 12.7. The number of allylic oxidation sites excluding steroid dienone is 1. The van der Waals surface area contributed by atoms with Gasteiger partial charge in [-0.2, -0.15) is 8.42 Å². The Bertz CT molecular complexity index is 1320. The van der Waals surface area contributed by atoms with Gasteiger partial charge in [0.05, 0.1) is 18.6 Å². The summed E-state index contributed by atoms with van der Waals surface area (Å²) in [6.45, 7) is 2.42. The number of rotatable bonds is 8. The SMILES string of the molecule is CCc1csc(COc2ccn(C3=Cc4ccc(COS(C)(=O)=O)cc4CC3)c(=O)c2)n1. The molecule has 0 atom stereocenters. The average molecular weight is 473 g/mol. The lowest BCUT2D eigenvalue weighted by molar-refractivity contribution is 0.304. The molecule has 9 heteroatoms. The Hall–Kier alpha value is -2.75. The van der Waals surface area contributed by atoms with Crippen molar-refractivity contribution in [3.63, 3.8) is 0 Å². The molecule has 2 aromatic heterocycles. The largest absolute Gasteiger partial charge is 0.486 e. The van der Waals surface area contributed by atoms with Gasteiger partial charge in [0.15, 0.2) is 0 Å². The fourth-order valence-corrected chi connectivity index (χ4v) is 4.63. The van der Waals surface area contributed by atoms with E-state index in [1.807, 2.05) is 29.7 Å².